The van der Waals surface area contributed by atoms with Crippen LogP contribution >= 0.6 is 11.6 Å². The third-order valence-electron chi connectivity index (χ3n) is 4.48. The normalized spacial score (nSPS) is 15.7. The number of carbonyl (C=O) groups is 1. The minimum Gasteiger partial charge on any atom is -0.356 e. The smallest absolute Gasteiger partial charge is 0.221 e. The highest BCUT2D eigenvalue weighted by atomic mass is 35.5. The van der Waals surface area contributed by atoms with E-state index in [1.807, 2.05) is 24.3 Å². The van der Waals surface area contributed by atoms with Crippen LogP contribution in [-0.2, 0) is 11.2 Å². The van der Waals surface area contributed by atoms with Crippen molar-refractivity contribution in [2.45, 2.75) is 51.0 Å². The van der Waals surface area contributed by atoms with E-state index in [2.05, 4.69) is 20.9 Å². The van der Waals surface area contributed by atoms with Crippen molar-refractivity contribution in [2.75, 3.05) is 20.1 Å². The fourth-order valence-electron chi connectivity index (χ4n) is 3.08. The lowest BCUT2D eigenvalue weighted by molar-refractivity contribution is -0.121. The molecule has 0 bridgehead atoms. The number of guanidine groups is 1. The molecule has 0 heterocycles. The van der Waals surface area contributed by atoms with Crippen LogP contribution in [0.25, 0.3) is 0 Å². The van der Waals surface area contributed by atoms with Gasteiger partial charge in [0.2, 0.25) is 5.91 Å². The first-order chi connectivity index (χ1) is 12.2. The Morgan fingerprint density at radius 1 is 1.16 bits per heavy atom. The van der Waals surface area contributed by atoms with E-state index in [-0.39, 0.29) is 5.91 Å². The van der Waals surface area contributed by atoms with Crippen molar-refractivity contribution in [3.8, 4) is 0 Å². The standard InChI is InChI=1S/C19H29ClN4O/c1-21-19(22-13-11-15-7-5-6-10-17(15)20)23-14-12-18(25)24-16-8-3-2-4-9-16/h5-7,10,16H,2-4,8-9,11-14H2,1H3,(H,24,25)(H2,21,22,23). The molecule has 1 aromatic carbocycles. The SMILES string of the molecule is CN=C(NCCC(=O)NC1CCCCC1)NCCc1ccccc1Cl. The first-order valence-electron chi connectivity index (χ1n) is 9.16. The van der Waals surface area contributed by atoms with Crippen LogP contribution < -0.4 is 16.0 Å². The van der Waals surface area contributed by atoms with Gasteiger partial charge in [-0.25, -0.2) is 0 Å². The number of hydrogen-bond donors (Lipinski definition) is 3. The van der Waals surface area contributed by atoms with Gasteiger partial charge in [-0.15, -0.1) is 0 Å². The van der Waals surface area contributed by atoms with Gasteiger partial charge in [0, 0.05) is 37.6 Å². The number of hydrogen-bond acceptors (Lipinski definition) is 2. The highest BCUT2D eigenvalue weighted by molar-refractivity contribution is 6.31. The van der Waals surface area contributed by atoms with Gasteiger partial charge in [0.15, 0.2) is 5.96 Å². The largest absolute Gasteiger partial charge is 0.356 e. The maximum Gasteiger partial charge on any atom is 0.221 e. The molecule has 0 unspecified atom stereocenters. The number of nitrogens with zero attached hydrogens (tertiary/aromatic N) is 1. The van der Waals surface area contributed by atoms with Crippen molar-refractivity contribution in [3.05, 3.63) is 34.9 Å². The van der Waals surface area contributed by atoms with Crippen LogP contribution in [0.15, 0.2) is 29.3 Å². The quantitative estimate of drug-likeness (QED) is 0.515. The van der Waals surface area contributed by atoms with E-state index >= 15 is 0 Å². The molecule has 0 atom stereocenters. The van der Waals surface area contributed by atoms with E-state index in [9.17, 15) is 4.79 Å². The molecular weight excluding hydrogens is 336 g/mol. The van der Waals surface area contributed by atoms with Crippen molar-refractivity contribution in [1.82, 2.24) is 16.0 Å². The van der Waals surface area contributed by atoms with E-state index in [1.165, 1.54) is 19.3 Å². The second-order valence-corrected chi connectivity index (χ2v) is 6.83. The second-order valence-electron chi connectivity index (χ2n) is 6.42. The molecule has 0 radical (unpaired) electrons. The monoisotopic (exact) mass is 364 g/mol. The first kappa shape index (κ1) is 19.6. The summed E-state index contributed by atoms with van der Waals surface area (Å²) < 4.78 is 0. The number of nitrogens with one attached hydrogen (secondary N) is 3. The van der Waals surface area contributed by atoms with Crippen molar-refractivity contribution < 1.29 is 4.79 Å². The molecule has 3 N–H and O–H groups in total. The Labute approximate surface area is 155 Å². The third kappa shape index (κ3) is 7.34. The molecule has 0 saturated heterocycles. The molecule has 1 aliphatic carbocycles. The topological polar surface area (TPSA) is 65.5 Å². The van der Waals surface area contributed by atoms with Gasteiger partial charge in [0.1, 0.15) is 0 Å². The van der Waals surface area contributed by atoms with Crippen LogP contribution in [0.3, 0.4) is 0 Å². The molecule has 1 amide bonds. The zero-order valence-electron chi connectivity index (χ0n) is 15.0. The summed E-state index contributed by atoms with van der Waals surface area (Å²) in [7, 11) is 1.73. The molecule has 0 aromatic heterocycles. The van der Waals surface area contributed by atoms with Crippen LogP contribution in [0.2, 0.25) is 5.02 Å². The Balaban J connectivity index is 1.61. The van der Waals surface area contributed by atoms with Gasteiger partial charge in [-0.3, -0.25) is 9.79 Å². The minimum atomic E-state index is 0.117. The zero-order valence-corrected chi connectivity index (χ0v) is 15.7. The predicted molar refractivity (Wildman–Crippen MR) is 104 cm³/mol. The van der Waals surface area contributed by atoms with E-state index in [1.54, 1.807) is 7.05 Å². The summed E-state index contributed by atoms with van der Waals surface area (Å²) in [5.74, 6) is 0.823. The maximum absolute atomic E-state index is 12.0. The van der Waals surface area contributed by atoms with Crippen molar-refractivity contribution in [2.24, 2.45) is 4.99 Å². The molecule has 1 saturated carbocycles. The molecule has 1 fully saturated rings. The lowest BCUT2D eigenvalue weighted by atomic mass is 9.95. The fourth-order valence-corrected chi connectivity index (χ4v) is 3.31. The Bertz CT molecular complexity index is 570. The summed E-state index contributed by atoms with van der Waals surface area (Å²) >= 11 is 6.15. The van der Waals surface area contributed by atoms with E-state index in [0.717, 1.165) is 36.4 Å². The van der Waals surface area contributed by atoms with Crippen LogP contribution in [0.5, 0.6) is 0 Å². The number of rotatable bonds is 7. The van der Waals surface area contributed by atoms with E-state index in [0.29, 0.717) is 25.0 Å². The van der Waals surface area contributed by atoms with Gasteiger partial charge in [-0.05, 0) is 30.9 Å². The zero-order chi connectivity index (χ0) is 17.9. The third-order valence-corrected chi connectivity index (χ3v) is 4.85. The predicted octanol–water partition coefficient (Wildman–Crippen LogP) is 2.89. The summed E-state index contributed by atoms with van der Waals surface area (Å²) in [4.78, 5) is 16.2. The molecule has 0 aliphatic heterocycles. The Kier molecular flexibility index (Phi) is 8.60. The van der Waals surface area contributed by atoms with Crippen molar-refractivity contribution in [1.29, 1.82) is 0 Å². The van der Waals surface area contributed by atoms with Gasteiger partial charge in [-0.1, -0.05) is 49.1 Å². The molecule has 0 spiro atoms. The van der Waals surface area contributed by atoms with Crippen LogP contribution in [-0.4, -0.2) is 38.0 Å². The average molecular weight is 365 g/mol. The Morgan fingerprint density at radius 3 is 2.60 bits per heavy atom. The molecule has 25 heavy (non-hydrogen) atoms. The summed E-state index contributed by atoms with van der Waals surface area (Å²) in [6, 6.07) is 8.21. The van der Waals surface area contributed by atoms with Crippen LogP contribution in [0, 0.1) is 0 Å². The number of carbonyl (C=O) groups excluding carboxylic acids is 1. The number of halogens is 1. The molecule has 5 nitrogen and oxygen atoms in total. The Hall–Kier alpha value is -1.75. The molecule has 2 rings (SSSR count). The van der Waals surface area contributed by atoms with Crippen molar-refractivity contribution >= 4 is 23.5 Å². The van der Waals surface area contributed by atoms with Gasteiger partial charge in [0.25, 0.3) is 0 Å². The molecular formula is C19H29ClN4O. The molecule has 1 aliphatic rings. The van der Waals surface area contributed by atoms with Gasteiger partial charge < -0.3 is 16.0 Å². The van der Waals surface area contributed by atoms with Gasteiger partial charge >= 0.3 is 0 Å². The Morgan fingerprint density at radius 2 is 1.88 bits per heavy atom. The van der Waals surface area contributed by atoms with E-state index in [4.69, 9.17) is 11.6 Å². The molecule has 1 aromatic rings. The van der Waals surface area contributed by atoms with E-state index < -0.39 is 0 Å². The highest BCUT2D eigenvalue weighted by Gasteiger charge is 2.15. The maximum atomic E-state index is 12.0. The number of amides is 1. The second kappa shape index (κ2) is 11.0. The number of aliphatic imine (C=N–C) groups is 1. The summed E-state index contributed by atoms with van der Waals surface area (Å²) in [6.07, 6.45) is 7.26. The van der Waals surface area contributed by atoms with Gasteiger partial charge in [0.05, 0.1) is 0 Å². The van der Waals surface area contributed by atoms with Crippen molar-refractivity contribution in [3.63, 3.8) is 0 Å². The first-order valence-corrected chi connectivity index (χ1v) is 9.54. The molecule has 138 valence electrons. The minimum absolute atomic E-state index is 0.117. The summed E-state index contributed by atoms with van der Waals surface area (Å²) in [5.41, 5.74) is 1.11. The van der Waals surface area contributed by atoms with Crippen LogP contribution in [0.4, 0.5) is 0 Å². The lowest BCUT2D eigenvalue weighted by Crippen LogP contribution is -2.41. The van der Waals surface area contributed by atoms with Gasteiger partial charge in [-0.2, -0.15) is 0 Å². The summed E-state index contributed by atoms with van der Waals surface area (Å²) in [6.45, 7) is 1.31. The fraction of sp³-hybridized carbons (Fsp3) is 0.579. The highest BCUT2D eigenvalue weighted by Crippen LogP contribution is 2.17. The van der Waals surface area contributed by atoms with Crippen LogP contribution in [0.1, 0.15) is 44.1 Å². The molecule has 6 heteroatoms. The number of benzene rings is 1. The lowest BCUT2D eigenvalue weighted by Gasteiger charge is -2.22. The summed E-state index contributed by atoms with van der Waals surface area (Å²) in [5, 5.41) is 10.3. The average Bonchev–Trinajstić information content (AvgIpc) is 2.62.